The molecule has 0 radical (unpaired) electrons. The number of carbonyl (C=O) groups excluding carboxylic acids is 1. The Morgan fingerprint density at radius 2 is 2.00 bits per heavy atom. The lowest BCUT2D eigenvalue weighted by Crippen LogP contribution is -2.38. The molecule has 3 aromatic rings. The van der Waals surface area contributed by atoms with Crippen molar-refractivity contribution in [3.63, 3.8) is 0 Å². The summed E-state index contributed by atoms with van der Waals surface area (Å²) >= 11 is 13.8. The van der Waals surface area contributed by atoms with Gasteiger partial charge in [-0.3, -0.25) is 4.79 Å². The van der Waals surface area contributed by atoms with E-state index in [2.05, 4.69) is 25.5 Å². The van der Waals surface area contributed by atoms with Gasteiger partial charge in [0.05, 0.1) is 15.4 Å². The van der Waals surface area contributed by atoms with Crippen LogP contribution in [0.5, 0.6) is 0 Å². The maximum absolute atomic E-state index is 13.0. The van der Waals surface area contributed by atoms with Crippen molar-refractivity contribution in [1.29, 1.82) is 0 Å². The third kappa shape index (κ3) is 6.64. The first-order chi connectivity index (χ1) is 14.9. The van der Waals surface area contributed by atoms with E-state index in [1.165, 1.54) is 11.3 Å². The molecule has 6 nitrogen and oxygen atoms in total. The molecule has 2 aromatic heterocycles. The maximum atomic E-state index is 13.0. The number of halogens is 2. The number of thiophene rings is 1. The van der Waals surface area contributed by atoms with Crippen LogP contribution in [0.3, 0.4) is 0 Å². The fourth-order valence-corrected chi connectivity index (χ4v) is 4.43. The zero-order chi connectivity index (χ0) is 22.4. The molecule has 0 spiro atoms. The summed E-state index contributed by atoms with van der Waals surface area (Å²) in [6.07, 6.45) is 3.12. The van der Waals surface area contributed by atoms with Gasteiger partial charge in [0.2, 0.25) is 5.95 Å². The molecule has 0 saturated carbocycles. The van der Waals surface area contributed by atoms with Crippen LogP contribution >= 0.6 is 34.5 Å². The van der Waals surface area contributed by atoms with Gasteiger partial charge in [0.15, 0.2) is 0 Å². The highest BCUT2D eigenvalue weighted by molar-refractivity contribution is 7.17. The summed E-state index contributed by atoms with van der Waals surface area (Å²) in [6.45, 7) is 0.847. The average molecular weight is 478 g/mol. The van der Waals surface area contributed by atoms with E-state index in [4.69, 9.17) is 23.2 Å². The summed E-state index contributed by atoms with van der Waals surface area (Å²) < 4.78 is 0. The van der Waals surface area contributed by atoms with Gasteiger partial charge in [0.25, 0.3) is 5.91 Å². The molecule has 1 atom stereocenters. The number of aromatic nitrogens is 2. The second-order valence-corrected chi connectivity index (χ2v) is 9.31. The maximum Gasteiger partial charge on any atom is 0.261 e. The Morgan fingerprint density at radius 3 is 2.71 bits per heavy atom. The molecule has 0 aliphatic carbocycles. The molecule has 0 saturated heterocycles. The van der Waals surface area contributed by atoms with E-state index in [9.17, 15) is 4.79 Å². The first-order valence-corrected chi connectivity index (χ1v) is 11.4. The lowest BCUT2D eigenvalue weighted by atomic mass is 10.0. The van der Waals surface area contributed by atoms with Gasteiger partial charge in [-0.15, -0.1) is 11.3 Å². The number of carbonyl (C=O) groups is 1. The summed E-state index contributed by atoms with van der Waals surface area (Å²) in [5.74, 6) is 0.438. The Hall–Kier alpha value is -2.19. The average Bonchev–Trinajstić information content (AvgIpc) is 3.24. The van der Waals surface area contributed by atoms with Crippen LogP contribution in [0.25, 0.3) is 10.6 Å². The molecule has 0 bridgehead atoms. The van der Waals surface area contributed by atoms with Crippen LogP contribution in [-0.2, 0) is 6.42 Å². The van der Waals surface area contributed by atoms with Gasteiger partial charge in [-0.25, -0.2) is 9.97 Å². The third-order valence-corrected chi connectivity index (χ3v) is 6.40. The molecule has 0 aliphatic heterocycles. The van der Waals surface area contributed by atoms with Crippen LogP contribution in [-0.4, -0.2) is 54.5 Å². The van der Waals surface area contributed by atoms with Crippen LogP contribution in [0.2, 0.25) is 10.0 Å². The van der Waals surface area contributed by atoms with Crippen molar-refractivity contribution in [3.05, 3.63) is 63.1 Å². The van der Waals surface area contributed by atoms with E-state index < -0.39 is 0 Å². The van der Waals surface area contributed by atoms with Crippen molar-refractivity contribution < 1.29 is 4.79 Å². The molecule has 9 heteroatoms. The fraction of sp³-hybridized carbons (Fsp3) is 0.318. The zero-order valence-electron chi connectivity index (χ0n) is 17.7. The lowest BCUT2D eigenvalue weighted by molar-refractivity contribution is 0.0937. The number of benzene rings is 1. The molecule has 3 rings (SSSR count). The Morgan fingerprint density at radius 1 is 1.19 bits per heavy atom. The lowest BCUT2D eigenvalue weighted by Gasteiger charge is -2.21. The molecular formula is C22H25Cl2N5OS. The van der Waals surface area contributed by atoms with Gasteiger partial charge < -0.3 is 15.5 Å². The minimum Gasteiger partial charge on any atom is -0.357 e. The molecule has 164 valence electrons. The van der Waals surface area contributed by atoms with Gasteiger partial charge in [-0.05, 0) is 69.4 Å². The predicted molar refractivity (Wildman–Crippen MR) is 129 cm³/mol. The highest BCUT2D eigenvalue weighted by Gasteiger charge is 2.18. The Balaban J connectivity index is 1.74. The van der Waals surface area contributed by atoms with Crippen LogP contribution in [0.1, 0.15) is 21.7 Å². The SMILES string of the molecule is CNc1nccc(-c2ccc(C(=O)N[C@@H](CCN(C)C)Cc3ccc(Cl)cc3Cl)s2)n1. The van der Waals surface area contributed by atoms with Gasteiger partial charge in [0, 0.05) is 29.3 Å². The van der Waals surface area contributed by atoms with Crippen LogP contribution in [0.4, 0.5) is 5.95 Å². The Labute approximate surface area is 196 Å². The largest absolute Gasteiger partial charge is 0.357 e. The van der Waals surface area contributed by atoms with Crippen molar-refractivity contribution >= 4 is 46.4 Å². The number of hydrogen-bond donors (Lipinski definition) is 2. The molecular weight excluding hydrogens is 453 g/mol. The van der Waals surface area contributed by atoms with Crippen molar-refractivity contribution in [3.8, 4) is 10.6 Å². The number of nitrogens with zero attached hydrogens (tertiary/aromatic N) is 3. The van der Waals surface area contributed by atoms with Gasteiger partial charge in [-0.2, -0.15) is 0 Å². The quantitative estimate of drug-likeness (QED) is 0.460. The molecule has 0 unspecified atom stereocenters. The Bertz CT molecular complexity index is 1040. The van der Waals surface area contributed by atoms with Crippen LogP contribution in [0.15, 0.2) is 42.6 Å². The van der Waals surface area contributed by atoms with Gasteiger partial charge >= 0.3 is 0 Å². The van der Waals surface area contributed by atoms with E-state index in [0.717, 1.165) is 29.1 Å². The molecule has 2 heterocycles. The second-order valence-electron chi connectivity index (χ2n) is 7.38. The molecule has 1 aromatic carbocycles. The van der Waals surface area contributed by atoms with Crippen LogP contribution in [0, 0.1) is 0 Å². The highest BCUT2D eigenvalue weighted by atomic mass is 35.5. The summed E-state index contributed by atoms with van der Waals surface area (Å²) in [5, 5.41) is 7.31. The molecule has 0 aliphatic rings. The normalized spacial score (nSPS) is 12.1. The summed E-state index contributed by atoms with van der Waals surface area (Å²) in [4.78, 5) is 25.2. The van der Waals surface area contributed by atoms with E-state index in [1.807, 2.05) is 44.4 Å². The number of hydrogen-bond acceptors (Lipinski definition) is 6. The van der Waals surface area contributed by atoms with Crippen molar-refractivity contribution in [2.24, 2.45) is 0 Å². The Kier molecular flexibility index (Phi) is 8.26. The van der Waals surface area contributed by atoms with E-state index in [-0.39, 0.29) is 11.9 Å². The number of anilines is 1. The van der Waals surface area contributed by atoms with Crippen molar-refractivity contribution in [2.75, 3.05) is 33.0 Å². The molecule has 31 heavy (non-hydrogen) atoms. The van der Waals surface area contributed by atoms with Gasteiger partial charge in [0.1, 0.15) is 0 Å². The molecule has 2 N–H and O–H groups in total. The minimum atomic E-state index is -0.104. The summed E-state index contributed by atoms with van der Waals surface area (Å²) in [7, 11) is 5.80. The van der Waals surface area contributed by atoms with Gasteiger partial charge in [-0.1, -0.05) is 29.3 Å². The third-order valence-electron chi connectivity index (χ3n) is 4.70. The second kappa shape index (κ2) is 10.9. The van der Waals surface area contributed by atoms with Crippen molar-refractivity contribution in [2.45, 2.75) is 18.9 Å². The topological polar surface area (TPSA) is 70.2 Å². The fourth-order valence-electron chi connectivity index (χ4n) is 3.06. The van der Waals surface area contributed by atoms with E-state index in [1.54, 1.807) is 19.3 Å². The summed E-state index contributed by atoms with van der Waals surface area (Å²) in [5.41, 5.74) is 1.74. The summed E-state index contributed by atoms with van der Waals surface area (Å²) in [6, 6.07) is 11.0. The zero-order valence-corrected chi connectivity index (χ0v) is 20.0. The first-order valence-electron chi connectivity index (χ1n) is 9.86. The predicted octanol–water partition coefficient (Wildman–Crippen LogP) is 4.85. The number of rotatable bonds is 9. The molecule has 0 fully saturated rings. The van der Waals surface area contributed by atoms with E-state index >= 15 is 0 Å². The minimum absolute atomic E-state index is 0.0610. The smallest absolute Gasteiger partial charge is 0.261 e. The number of amides is 1. The highest BCUT2D eigenvalue weighted by Crippen LogP contribution is 2.27. The van der Waals surface area contributed by atoms with E-state index in [0.29, 0.717) is 27.3 Å². The van der Waals surface area contributed by atoms with Crippen LogP contribution < -0.4 is 10.6 Å². The standard InChI is InChI=1S/C22H25Cl2N5OS/c1-25-22-26-10-8-18(28-22)19-6-7-20(31-19)21(30)27-16(9-11-29(2)3)12-14-4-5-15(23)13-17(14)24/h4-8,10,13,16H,9,11-12H2,1-3H3,(H,27,30)(H,25,26,28)/t16-/m0/s1. The molecule has 1 amide bonds. The van der Waals surface area contributed by atoms with Crippen molar-refractivity contribution in [1.82, 2.24) is 20.2 Å². The number of nitrogens with one attached hydrogen (secondary N) is 2. The monoisotopic (exact) mass is 477 g/mol. The first kappa shape index (κ1) is 23.5.